The quantitative estimate of drug-likeness (QED) is 0.809. The molecule has 0 bridgehead atoms. The van der Waals surface area contributed by atoms with E-state index < -0.39 is 11.7 Å². The number of alkyl halides is 3. The minimum Gasteiger partial charge on any atom is -0.364 e. The Hall–Kier alpha value is -2.08. The molecule has 1 heterocycles. The van der Waals surface area contributed by atoms with Gasteiger partial charge in [-0.3, -0.25) is 0 Å². The zero-order valence-electron chi connectivity index (χ0n) is 13.7. The van der Waals surface area contributed by atoms with Crippen LogP contribution in [-0.2, 0) is 12.7 Å². The van der Waals surface area contributed by atoms with E-state index in [2.05, 4.69) is 10.2 Å². The number of hydrogen-bond acceptors (Lipinski definition) is 2. The van der Waals surface area contributed by atoms with E-state index in [1.54, 1.807) is 18.2 Å². The summed E-state index contributed by atoms with van der Waals surface area (Å²) < 4.78 is 52.1. The Bertz CT molecular complexity index is 691. The summed E-state index contributed by atoms with van der Waals surface area (Å²) in [5, 5.41) is 3.29. The van der Waals surface area contributed by atoms with Crippen LogP contribution in [0, 0.1) is 5.82 Å². The number of nitrogens with one attached hydrogen (secondary N) is 1. The summed E-state index contributed by atoms with van der Waals surface area (Å²) >= 11 is 0. The van der Waals surface area contributed by atoms with Gasteiger partial charge < -0.3 is 10.2 Å². The SMILES string of the molecule is Fc1ccc(N(Cc2cccc(C(F)(F)F)c2)C2CCNCC2)cc1. The molecule has 0 radical (unpaired) electrons. The molecule has 2 nitrogen and oxygen atoms in total. The summed E-state index contributed by atoms with van der Waals surface area (Å²) in [6.07, 6.45) is -2.56. The second-order valence-electron chi connectivity index (χ2n) is 6.28. The molecule has 6 heteroatoms. The van der Waals surface area contributed by atoms with Gasteiger partial charge in [-0.15, -0.1) is 0 Å². The summed E-state index contributed by atoms with van der Waals surface area (Å²) in [6, 6.07) is 11.8. The van der Waals surface area contributed by atoms with Gasteiger partial charge in [-0.1, -0.05) is 12.1 Å². The van der Waals surface area contributed by atoms with E-state index in [9.17, 15) is 17.6 Å². The molecule has 0 aromatic heterocycles. The normalized spacial score (nSPS) is 16.0. The van der Waals surface area contributed by atoms with E-state index >= 15 is 0 Å². The van der Waals surface area contributed by atoms with Crippen molar-refractivity contribution >= 4 is 5.69 Å². The average molecular weight is 352 g/mol. The van der Waals surface area contributed by atoms with E-state index in [0.29, 0.717) is 12.1 Å². The van der Waals surface area contributed by atoms with Gasteiger partial charge in [0.05, 0.1) is 5.56 Å². The molecule has 0 saturated carbocycles. The molecule has 134 valence electrons. The molecule has 0 atom stereocenters. The van der Waals surface area contributed by atoms with Crippen LogP contribution < -0.4 is 10.2 Å². The van der Waals surface area contributed by atoms with Gasteiger partial charge in [0.25, 0.3) is 0 Å². The lowest BCUT2D eigenvalue weighted by Gasteiger charge is -2.36. The Morgan fingerprint density at radius 2 is 1.68 bits per heavy atom. The fraction of sp³-hybridized carbons (Fsp3) is 0.368. The maximum absolute atomic E-state index is 13.2. The third-order valence-corrected chi connectivity index (χ3v) is 4.51. The monoisotopic (exact) mass is 352 g/mol. The Morgan fingerprint density at radius 1 is 1.00 bits per heavy atom. The van der Waals surface area contributed by atoms with Crippen molar-refractivity contribution in [2.45, 2.75) is 31.6 Å². The fourth-order valence-electron chi connectivity index (χ4n) is 3.22. The van der Waals surface area contributed by atoms with Gasteiger partial charge in [0.15, 0.2) is 0 Å². The molecule has 1 saturated heterocycles. The number of nitrogens with zero attached hydrogens (tertiary/aromatic N) is 1. The molecule has 1 N–H and O–H groups in total. The van der Waals surface area contributed by atoms with E-state index in [1.165, 1.54) is 24.3 Å². The predicted molar refractivity (Wildman–Crippen MR) is 89.9 cm³/mol. The van der Waals surface area contributed by atoms with Crippen LogP contribution >= 0.6 is 0 Å². The highest BCUT2D eigenvalue weighted by Crippen LogP contribution is 2.31. The molecule has 2 aromatic carbocycles. The van der Waals surface area contributed by atoms with Crippen LogP contribution in [0.1, 0.15) is 24.0 Å². The second-order valence-corrected chi connectivity index (χ2v) is 6.28. The number of anilines is 1. The number of halogens is 4. The highest BCUT2D eigenvalue weighted by atomic mass is 19.4. The van der Waals surface area contributed by atoms with Crippen LogP contribution in [0.3, 0.4) is 0 Å². The summed E-state index contributed by atoms with van der Waals surface area (Å²) in [5.41, 5.74) is 0.776. The third kappa shape index (κ3) is 4.51. The zero-order chi connectivity index (χ0) is 17.9. The van der Waals surface area contributed by atoms with Crippen LogP contribution in [0.4, 0.5) is 23.2 Å². The second kappa shape index (κ2) is 7.44. The standard InChI is InChI=1S/C19H20F4N2/c20-16-4-6-17(7-5-16)25(18-8-10-24-11-9-18)13-14-2-1-3-15(12-14)19(21,22)23/h1-7,12,18,24H,8-11,13H2. The first-order valence-electron chi connectivity index (χ1n) is 8.32. The van der Waals surface area contributed by atoms with Crippen molar-refractivity contribution in [2.75, 3.05) is 18.0 Å². The maximum Gasteiger partial charge on any atom is 0.416 e. The minimum atomic E-state index is -4.36. The molecule has 25 heavy (non-hydrogen) atoms. The highest BCUT2D eigenvalue weighted by molar-refractivity contribution is 5.48. The maximum atomic E-state index is 13.2. The zero-order valence-corrected chi connectivity index (χ0v) is 13.7. The first-order valence-corrected chi connectivity index (χ1v) is 8.32. The highest BCUT2D eigenvalue weighted by Gasteiger charge is 2.30. The lowest BCUT2D eigenvalue weighted by Crippen LogP contribution is -2.43. The lowest BCUT2D eigenvalue weighted by atomic mass is 10.0. The van der Waals surface area contributed by atoms with Gasteiger partial charge in [0.2, 0.25) is 0 Å². The van der Waals surface area contributed by atoms with Gasteiger partial charge in [-0.05, 0) is 67.9 Å². The van der Waals surface area contributed by atoms with Crippen LogP contribution in [0.2, 0.25) is 0 Å². The van der Waals surface area contributed by atoms with Crippen LogP contribution in [-0.4, -0.2) is 19.1 Å². The lowest BCUT2D eigenvalue weighted by molar-refractivity contribution is -0.137. The predicted octanol–water partition coefficient (Wildman–Crippen LogP) is 4.60. The van der Waals surface area contributed by atoms with Crippen molar-refractivity contribution in [1.29, 1.82) is 0 Å². The summed E-state index contributed by atoms with van der Waals surface area (Å²) in [5.74, 6) is -0.326. The molecule has 0 aliphatic carbocycles. The van der Waals surface area contributed by atoms with Crippen molar-refractivity contribution in [3.63, 3.8) is 0 Å². The minimum absolute atomic E-state index is 0.209. The van der Waals surface area contributed by atoms with E-state index in [-0.39, 0.29) is 11.9 Å². The van der Waals surface area contributed by atoms with Crippen molar-refractivity contribution in [2.24, 2.45) is 0 Å². The van der Waals surface area contributed by atoms with Gasteiger partial charge in [-0.2, -0.15) is 13.2 Å². The largest absolute Gasteiger partial charge is 0.416 e. The third-order valence-electron chi connectivity index (χ3n) is 4.51. The van der Waals surface area contributed by atoms with E-state index in [1.807, 2.05) is 0 Å². The molecule has 0 amide bonds. The molecule has 1 aliphatic heterocycles. The number of benzene rings is 2. The fourth-order valence-corrected chi connectivity index (χ4v) is 3.22. The molecule has 1 fully saturated rings. The van der Waals surface area contributed by atoms with E-state index in [0.717, 1.165) is 37.7 Å². The van der Waals surface area contributed by atoms with Gasteiger partial charge in [0.1, 0.15) is 5.82 Å². The Labute approximate surface area is 144 Å². The van der Waals surface area contributed by atoms with E-state index in [4.69, 9.17) is 0 Å². The molecular formula is C19H20F4N2. The summed E-state index contributed by atoms with van der Waals surface area (Å²) in [4.78, 5) is 2.08. The smallest absolute Gasteiger partial charge is 0.364 e. The molecule has 3 rings (SSSR count). The Balaban J connectivity index is 1.88. The molecule has 0 spiro atoms. The van der Waals surface area contributed by atoms with Gasteiger partial charge >= 0.3 is 6.18 Å². The van der Waals surface area contributed by atoms with Crippen LogP contribution in [0.25, 0.3) is 0 Å². The van der Waals surface area contributed by atoms with Gasteiger partial charge in [-0.25, -0.2) is 4.39 Å². The van der Waals surface area contributed by atoms with Crippen molar-refractivity contribution in [1.82, 2.24) is 5.32 Å². The van der Waals surface area contributed by atoms with Gasteiger partial charge in [0, 0.05) is 18.3 Å². The Kier molecular flexibility index (Phi) is 5.27. The first-order chi connectivity index (χ1) is 11.9. The molecule has 0 unspecified atom stereocenters. The number of piperidine rings is 1. The average Bonchev–Trinajstić information content (AvgIpc) is 2.61. The summed E-state index contributed by atoms with van der Waals surface area (Å²) in [6.45, 7) is 2.09. The number of hydrogen-bond donors (Lipinski definition) is 1. The van der Waals surface area contributed by atoms with Crippen LogP contribution in [0.5, 0.6) is 0 Å². The van der Waals surface area contributed by atoms with Crippen molar-refractivity contribution in [3.05, 3.63) is 65.5 Å². The number of rotatable bonds is 4. The summed E-state index contributed by atoms with van der Waals surface area (Å²) in [7, 11) is 0. The van der Waals surface area contributed by atoms with Crippen molar-refractivity contribution < 1.29 is 17.6 Å². The molecule has 2 aromatic rings. The molecule has 1 aliphatic rings. The first kappa shape index (κ1) is 17.7. The Morgan fingerprint density at radius 3 is 2.32 bits per heavy atom. The van der Waals surface area contributed by atoms with Crippen molar-refractivity contribution in [3.8, 4) is 0 Å². The topological polar surface area (TPSA) is 15.3 Å². The molecular weight excluding hydrogens is 332 g/mol. The van der Waals surface area contributed by atoms with Crippen LogP contribution in [0.15, 0.2) is 48.5 Å².